The summed E-state index contributed by atoms with van der Waals surface area (Å²) in [5.74, 6) is 0.263. The standard InChI is InChI=1S/C34H30N4O8S/c1-44-29-17-18-30(32(20-29)45-2)37(47(42,43)33-10-6-5-9-31(33)38(40)41)22-34(39)36-35-21-24-12-15-28(16-13-24)46-23-25-11-14-26-7-3-4-8-27(26)19-25/h3-21H,22-23H2,1-2H3,(H,36,39)/b35-21-. The van der Waals surface area contributed by atoms with Gasteiger partial charge in [0.2, 0.25) is 0 Å². The molecule has 0 spiro atoms. The molecule has 1 amide bonds. The second-order valence-electron chi connectivity index (χ2n) is 10.1. The average molecular weight is 655 g/mol. The van der Waals surface area contributed by atoms with E-state index in [2.05, 4.69) is 28.7 Å². The number of amides is 1. The van der Waals surface area contributed by atoms with Crippen molar-refractivity contribution in [2.24, 2.45) is 5.10 Å². The van der Waals surface area contributed by atoms with Gasteiger partial charge in [-0.05, 0) is 70.4 Å². The summed E-state index contributed by atoms with van der Waals surface area (Å²) >= 11 is 0. The number of hydrogen-bond donors (Lipinski definition) is 1. The van der Waals surface area contributed by atoms with Crippen LogP contribution in [0.3, 0.4) is 0 Å². The molecule has 0 saturated heterocycles. The molecule has 5 aromatic rings. The number of benzene rings is 5. The Bertz CT molecular complexity index is 2050. The quantitative estimate of drug-likeness (QED) is 0.0967. The number of rotatable bonds is 13. The molecule has 0 atom stereocenters. The SMILES string of the molecule is COc1ccc(N(CC(=O)N/N=C\c2ccc(OCc3ccc4ccccc4c3)cc2)S(=O)(=O)c2ccccc2[N+](=O)[O-])c(OC)c1. The van der Waals surface area contributed by atoms with Gasteiger partial charge in [-0.3, -0.25) is 19.2 Å². The Balaban J connectivity index is 1.29. The number of hydrogen-bond acceptors (Lipinski definition) is 9. The number of para-hydroxylation sites is 1. The normalized spacial score (nSPS) is 11.3. The van der Waals surface area contributed by atoms with Crippen LogP contribution in [0.2, 0.25) is 0 Å². The van der Waals surface area contributed by atoms with Crippen molar-refractivity contribution < 1.29 is 32.3 Å². The number of nitro benzene ring substituents is 1. The van der Waals surface area contributed by atoms with Gasteiger partial charge in [0.1, 0.15) is 30.4 Å². The molecule has 47 heavy (non-hydrogen) atoms. The van der Waals surface area contributed by atoms with Gasteiger partial charge in [-0.1, -0.05) is 48.5 Å². The maximum atomic E-state index is 13.8. The van der Waals surface area contributed by atoms with Crippen molar-refractivity contribution in [2.45, 2.75) is 11.5 Å². The highest BCUT2D eigenvalue weighted by molar-refractivity contribution is 7.93. The van der Waals surface area contributed by atoms with Crippen LogP contribution in [0.1, 0.15) is 11.1 Å². The van der Waals surface area contributed by atoms with Crippen LogP contribution in [0.4, 0.5) is 11.4 Å². The van der Waals surface area contributed by atoms with E-state index in [1.54, 1.807) is 24.3 Å². The second kappa shape index (κ2) is 14.4. The van der Waals surface area contributed by atoms with E-state index in [1.165, 1.54) is 50.8 Å². The Morgan fingerprint density at radius 3 is 2.30 bits per heavy atom. The average Bonchev–Trinajstić information content (AvgIpc) is 3.09. The number of ether oxygens (including phenoxy) is 3. The fourth-order valence-electron chi connectivity index (χ4n) is 4.73. The van der Waals surface area contributed by atoms with Crippen LogP contribution < -0.4 is 23.9 Å². The Labute approximate surface area is 271 Å². The van der Waals surface area contributed by atoms with E-state index in [1.807, 2.05) is 24.3 Å². The lowest BCUT2D eigenvalue weighted by atomic mass is 10.1. The lowest BCUT2D eigenvalue weighted by molar-refractivity contribution is -0.387. The van der Waals surface area contributed by atoms with E-state index >= 15 is 0 Å². The molecule has 0 heterocycles. The molecule has 13 heteroatoms. The minimum absolute atomic E-state index is 0.0372. The first-order chi connectivity index (χ1) is 22.7. The number of sulfonamides is 1. The van der Waals surface area contributed by atoms with E-state index in [-0.39, 0.29) is 11.4 Å². The highest BCUT2D eigenvalue weighted by Gasteiger charge is 2.34. The number of hydrazone groups is 1. The van der Waals surface area contributed by atoms with Crippen molar-refractivity contribution in [3.8, 4) is 17.2 Å². The van der Waals surface area contributed by atoms with Crippen LogP contribution in [0, 0.1) is 10.1 Å². The number of carbonyl (C=O) groups is 1. The molecule has 240 valence electrons. The number of anilines is 1. The minimum atomic E-state index is -4.65. The third-order valence-electron chi connectivity index (χ3n) is 7.08. The van der Waals surface area contributed by atoms with Gasteiger partial charge >= 0.3 is 0 Å². The molecular weight excluding hydrogens is 624 g/mol. The predicted octanol–water partition coefficient (Wildman–Crippen LogP) is 5.69. The van der Waals surface area contributed by atoms with Crippen molar-refractivity contribution >= 4 is 44.3 Å². The van der Waals surface area contributed by atoms with Crippen LogP contribution in [0.15, 0.2) is 119 Å². The van der Waals surface area contributed by atoms with Gasteiger partial charge in [-0.15, -0.1) is 0 Å². The molecule has 0 aromatic heterocycles. The molecule has 5 aromatic carbocycles. The first-order valence-electron chi connectivity index (χ1n) is 14.2. The largest absolute Gasteiger partial charge is 0.497 e. The summed E-state index contributed by atoms with van der Waals surface area (Å²) in [6, 6.07) is 30.4. The lowest BCUT2D eigenvalue weighted by Gasteiger charge is -2.25. The van der Waals surface area contributed by atoms with Crippen molar-refractivity contribution in [1.29, 1.82) is 0 Å². The summed E-state index contributed by atoms with van der Waals surface area (Å²) in [5.41, 5.74) is 3.31. The molecule has 12 nitrogen and oxygen atoms in total. The van der Waals surface area contributed by atoms with Crippen molar-refractivity contribution in [3.05, 3.63) is 130 Å². The molecule has 1 N–H and O–H groups in total. The van der Waals surface area contributed by atoms with Gasteiger partial charge in [0.15, 0.2) is 4.90 Å². The molecule has 5 rings (SSSR count). The first-order valence-corrected chi connectivity index (χ1v) is 15.6. The zero-order valence-corrected chi connectivity index (χ0v) is 26.2. The molecule has 0 unspecified atom stereocenters. The van der Waals surface area contributed by atoms with Gasteiger partial charge in [0.25, 0.3) is 21.6 Å². The third-order valence-corrected chi connectivity index (χ3v) is 8.88. The maximum Gasteiger partial charge on any atom is 0.289 e. The summed E-state index contributed by atoms with van der Waals surface area (Å²) in [5, 5.41) is 17.9. The smallest absolute Gasteiger partial charge is 0.289 e. The van der Waals surface area contributed by atoms with E-state index < -0.39 is 38.0 Å². The van der Waals surface area contributed by atoms with Crippen molar-refractivity contribution in [2.75, 3.05) is 25.1 Å². The third kappa shape index (κ3) is 7.65. The Kier molecular flexibility index (Phi) is 9.96. The molecule has 0 fully saturated rings. The van der Waals surface area contributed by atoms with E-state index in [0.29, 0.717) is 23.7 Å². The Hall–Kier alpha value is -5.95. The Morgan fingerprint density at radius 1 is 0.872 bits per heavy atom. The van der Waals surface area contributed by atoms with Gasteiger partial charge in [-0.25, -0.2) is 13.8 Å². The van der Waals surface area contributed by atoms with Crippen LogP contribution in [0.25, 0.3) is 10.8 Å². The number of nitrogens with one attached hydrogen (secondary N) is 1. The molecule has 0 saturated carbocycles. The number of carbonyl (C=O) groups excluding carboxylic acids is 1. The number of fused-ring (bicyclic) bond motifs is 1. The number of nitro groups is 1. The van der Waals surface area contributed by atoms with Crippen molar-refractivity contribution in [3.63, 3.8) is 0 Å². The predicted molar refractivity (Wildman–Crippen MR) is 178 cm³/mol. The molecule has 0 aliphatic carbocycles. The maximum absolute atomic E-state index is 13.8. The molecule has 0 aliphatic heterocycles. The summed E-state index contributed by atoms with van der Waals surface area (Å²) in [6.07, 6.45) is 1.39. The van der Waals surface area contributed by atoms with E-state index in [4.69, 9.17) is 14.2 Å². The van der Waals surface area contributed by atoms with Crippen LogP contribution >= 0.6 is 0 Å². The first kappa shape index (κ1) is 32.4. The highest BCUT2D eigenvalue weighted by Crippen LogP contribution is 2.37. The second-order valence-corrected chi connectivity index (χ2v) is 11.9. The van der Waals surface area contributed by atoms with Crippen LogP contribution in [-0.4, -0.2) is 46.2 Å². The summed E-state index contributed by atoms with van der Waals surface area (Å²) < 4.78 is 44.9. The van der Waals surface area contributed by atoms with Gasteiger partial charge in [0, 0.05) is 12.1 Å². The van der Waals surface area contributed by atoms with Crippen molar-refractivity contribution in [1.82, 2.24) is 5.43 Å². The monoisotopic (exact) mass is 654 g/mol. The molecule has 0 aliphatic rings. The summed E-state index contributed by atoms with van der Waals surface area (Å²) in [4.78, 5) is 23.3. The minimum Gasteiger partial charge on any atom is -0.497 e. The molecule has 0 bridgehead atoms. The van der Waals surface area contributed by atoms with Crippen LogP contribution in [0.5, 0.6) is 17.2 Å². The zero-order valence-electron chi connectivity index (χ0n) is 25.4. The van der Waals surface area contributed by atoms with Gasteiger partial charge < -0.3 is 14.2 Å². The summed E-state index contributed by atoms with van der Waals surface area (Å²) in [6.45, 7) is -0.380. The lowest BCUT2D eigenvalue weighted by Crippen LogP contribution is -2.40. The Morgan fingerprint density at radius 2 is 1.57 bits per heavy atom. The number of methoxy groups -OCH3 is 2. The summed E-state index contributed by atoms with van der Waals surface area (Å²) in [7, 11) is -1.91. The fraction of sp³-hybridized carbons (Fsp3) is 0.118. The molecule has 0 radical (unpaired) electrons. The fourth-order valence-corrected chi connectivity index (χ4v) is 6.32. The zero-order chi connectivity index (χ0) is 33.4. The molecular formula is C34H30N4O8S. The van der Waals surface area contributed by atoms with Crippen LogP contribution in [-0.2, 0) is 21.4 Å². The number of nitrogens with zero attached hydrogens (tertiary/aromatic N) is 3. The topological polar surface area (TPSA) is 150 Å². The van der Waals surface area contributed by atoms with Gasteiger partial charge in [0.05, 0.1) is 31.0 Å². The highest BCUT2D eigenvalue weighted by atomic mass is 32.2. The van der Waals surface area contributed by atoms with Gasteiger partial charge in [-0.2, -0.15) is 5.10 Å². The van der Waals surface area contributed by atoms with E-state index in [0.717, 1.165) is 32.8 Å². The van der Waals surface area contributed by atoms with E-state index in [9.17, 15) is 23.3 Å².